The van der Waals surface area contributed by atoms with Crippen LogP contribution in [0.25, 0.3) is 22.3 Å². The summed E-state index contributed by atoms with van der Waals surface area (Å²) in [6.45, 7) is 2.38. The number of thiazole rings is 1. The first kappa shape index (κ1) is 17.4. The highest BCUT2D eigenvalue weighted by Crippen LogP contribution is 2.30. The number of hydrogen-bond donors (Lipinski definition) is 2. The van der Waals surface area contributed by atoms with Crippen molar-refractivity contribution in [3.63, 3.8) is 0 Å². The Morgan fingerprint density at radius 1 is 1.36 bits per heavy atom. The number of aromatic amines is 1. The van der Waals surface area contributed by atoms with E-state index in [2.05, 4.69) is 20.5 Å². The molecule has 0 atom stereocenters. The van der Waals surface area contributed by atoms with E-state index in [0.717, 1.165) is 46.0 Å². The van der Waals surface area contributed by atoms with Gasteiger partial charge >= 0.3 is 0 Å². The molecule has 25 heavy (non-hydrogen) atoms. The van der Waals surface area contributed by atoms with Gasteiger partial charge in [-0.1, -0.05) is 0 Å². The zero-order valence-electron chi connectivity index (χ0n) is 13.9. The quantitative estimate of drug-likeness (QED) is 0.426. The Bertz CT molecular complexity index is 830. The van der Waals surface area contributed by atoms with Crippen LogP contribution in [0.3, 0.4) is 0 Å². The Hall–Kier alpha value is -2.45. The molecule has 2 aromatic heterocycles. The topological polar surface area (TPSA) is 89.1 Å². The van der Waals surface area contributed by atoms with Crippen LogP contribution < -0.4 is 10.1 Å². The molecule has 3 rings (SSSR count). The van der Waals surface area contributed by atoms with Crippen LogP contribution in [0.15, 0.2) is 23.6 Å². The number of carbonyl (C=O) groups excluding carboxylic acids is 1. The number of H-pyrrole nitrogens is 1. The van der Waals surface area contributed by atoms with Crippen molar-refractivity contribution in [3.05, 3.63) is 28.6 Å². The molecule has 3 aromatic rings. The molecule has 0 unspecified atom stereocenters. The lowest BCUT2D eigenvalue weighted by Gasteiger charge is -2.06. The molecule has 0 aliphatic heterocycles. The van der Waals surface area contributed by atoms with Gasteiger partial charge in [0.15, 0.2) is 0 Å². The monoisotopic (exact) mass is 360 g/mol. The number of nitrogens with one attached hydrogen (secondary N) is 2. The maximum atomic E-state index is 10.2. The molecular weight excluding hydrogens is 340 g/mol. The molecule has 1 aromatic carbocycles. The van der Waals surface area contributed by atoms with E-state index >= 15 is 0 Å². The number of fused-ring (bicyclic) bond motifs is 1. The highest BCUT2D eigenvalue weighted by atomic mass is 32.1. The number of hydrogen-bond acceptors (Lipinski definition) is 7. The Labute approximate surface area is 149 Å². The fourth-order valence-corrected chi connectivity index (χ4v) is 3.21. The molecule has 0 aliphatic rings. The van der Waals surface area contributed by atoms with Gasteiger partial charge in [0.05, 0.1) is 23.7 Å². The van der Waals surface area contributed by atoms with Crippen LogP contribution in [-0.2, 0) is 16.0 Å². The van der Waals surface area contributed by atoms with Crippen molar-refractivity contribution in [2.45, 2.75) is 12.8 Å². The average molecular weight is 360 g/mol. The Kier molecular flexibility index (Phi) is 5.97. The third-order valence-electron chi connectivity index (χ3n) is 3.67. The van der Waals surface area contributed by atoms with Gasteiger partial charge in [-0.3, -0.25) is 9.89 Å². The average Bonchev–Trinajstić information content (AvgIpc) is 3.25. The summed E-state index contributed by atoms with van der Waals surface area (Å²) in [4.78, 5) is 14.8. The first-order valence-electron chi connectivity index (χ1n) is 8.07. The van der Waals surface area contributed by atoms with Crippen molar-refractivity contribution < 1.29 is 14.3 Å². The molecule has 2 heterocycles. The first-order chi connectivity index (χ1) is 12.3. The predicted molar refractivity (Wildman–Crippen MR) is 97.0 cm³/mol. The van der Waals surface area contributed by atoms with Gasteiger partial charge in [-0.25, -0.2) is 4.98 Å². The summed E-state index contributed by atoms with van der Waals surface area (Å²) >= 11 is 1.53. The summed E-state index contributed by atoms with van der Waals surface area (Å²) in [7, 11) is 1.93. The lowest BCUT2D eigenvalue weighted by Crippen LogP contribution is -2.11. The van der Waals surface area contributed by atoms with Gasteiger partial charge < -0.3 is 14.8 Å². The van der Waals surface area contributed by atoms with Gasteiger partial charge in [-0.05, 0) is 38.2 Å². The van der Waals surface area contributed by atoms with Gasteiger partial charge in [0, 0.05) is 17.2 Å². The van der Waals surface area contributed by atoms with Crippen molar-refractivity contribution in [2.24, 2.45) is 0 Å². The van der Waals surface area contributed by atoms with Crippen LogP contribution in [-0.4, -0.2) is 48.5 Å². The molecule has 8 heteroatoms. The zero-order chi connectivity index (χ0) is 17.5. The van der Waals surface area contributed by atoms with E-state index in [1.807, 2.05) is 30.6 Å². The van der Waals surface area contributed by atoms with E-state index in [4.69, 9.17) is 9.47 Å². The third kappa shape index (κ3) is 4.34. The van der Waals surface area contributed by atoms with Crippen LogP contribution in [0.4, 0.5) is 0 Å². The van der Waals surface area contributed by atoms with E-state index in [0.29, 0.717) is 26.1 Å². The number of ether oxygens (including phenoxy) is 2. The Morgan fingerprint density at radius 2 is 2.28 bits per heavy atom. The summed E-state index contributed by atoms with van der Waals surface area (Å²) in [5.41, 5.74) is 2.55. The second-order valence-corrected chi connectivity index (χ2v) is 6.37. The molecule has 0 bridgehead atoms. The minimum atomic E-state index is 0.336. The second kappa shape index (κ2) is 8.59. The largest absolute Gasteiger partial charge is 0.494 e. The van der Waals surface area contributed by atoms with Gasteiger partial charge in [-0.2, -0.15) is 5.10 Å². The number of nitrogens with zero attached hydrogens (tertiary/aromatic N) is 2. The van der Waals surface area contributed by atoms with Gasteiger partial charge in [0.1, 0.15) is 17.1 Å². The molecule has 0 saturated carbocycles. The maximum Gasteiger partial charge on any atom is 0.293 e. The van der Waals surface area contributed by atoms with Crippen molar-refractivity contribution in [1.82, 2.24) is 20.5 Å². The van der Waals surface area contributed by atoms with E-state index < -0.39 is 0 Å². The van der Waals surface area contributed by atoms with Gasteiger partial charge in [0.2, 0.25) is 0 Å². The SMILES string of the molecule is CNCCCOc1ccc2[nH]nc(-c3csc(CCOC=O)n3)c2c1. The van der Waals surface area contributed by atoms with Gasteiger partial charge in [0.25, 0.3) is 6.47 Å². The fraction of sp³-hybridized carbons (Fsp3) is 0.353. The molecule has 0 aliphatic carbocycles. The molecule has 0 radical (unpaired) electrons. The Balaban J connectivity index is 1.76. The summed E-state index contributed by atoms with van der Waals surface area (Å²) in [5, 5.41) is 14.4. The summed E-state index contributed by atoms with van der Waals surface area (Å²) in [5.74, 6) is 0.820. The van der Waals surface area contributed by atoms with Crippen molar-refractivity contribution in [3.8, 4) is 17.1 Å². The summed E-state index contributed by atoms with van der Waals surface area (Å²) in [6, 6.07) is 5.89. The molecule has 0 saturated heterocycles. The highest BCUT2D eigenvalue weighted by molar-refractivity contribution is 7.09. The fourth-order valence-electron chi connectivity index (χ4n) is 2.45. The van der Waals surface area contributed by atoms with Crippen molar-refractivity contribution >= 4 is 28.7 Å². The molecule has 7 nitrogen and oxygen atoms in total. The van der Waals surface area contributed by atoms with Gasteiger partial charge in [-0.15, -0.1) is 11.3 Å². The van der Waals surface area contributed by atoms with Crippen molar-refractivity contribution in [1.29, 1.82) is 0 Å². The lowest BCUT2D eigenvalue weighted by molar-refractivity contribution is -0.128. The second-order valence-electron chi connectivity index (χ2n) is 5.43. The van der Waals surface area contributed by atoms with Crippen LogP contribution in [0.2, 0.25) is 0 Å². The predicted octanol–water partition coefficient (Wildman–Crippen LogP) is 2.39. The summed E-state index contributed by atoms with van der Waals surface area (Å²) in [6.07, 6.45) is 1.55. The smallest absolute Gasteiger partial charge is 0.293 e. The number of aromatic nitrogens is 3. The first-order valence-corrected chi connectivity index (χ1v) is 8.95. The molecule has 0 spiro atoms. The standard InChI is InChI=1S/C17H20N4O3S/c1-18-6-2-7-24-12-3-4-14-13(9-12)17(21-20-14)15-10-25-16(19-15)5-8-23-11-22/h3-4,9-11,18H,2,5-8H2,1H3,(H,20,21). The zero-order valence-corrected chi connectivity index (χ0v) is 14.8. The minimum Gasteiger partial charge on any atom is -0.494 e. The Morgan fingerprint density at radius 3 is 3.12 bits per heavy atom. The number of benzene rings is 1. The molecule has 2 N–H and O–H groups in total. The molecular formula is C17H20N4O3S. The molecule has 0 fully saturated rings. The van der Waals surface area contributed by atoms with Crippen molar-refractivity contribution in [2.75, 3.05) is 26.8 Å². The van der Waals surface area contributed by atoms with E-state index in [1.54, 1.807) is 0 Å². The van der Waals surface area contributed by atoms with E-state index in [-0.39, 0.29) is 0 Å². The van der Waals surface area contributed by atoms with Crippen LogP contribution >= 0.6 is 11.3 Å². The van der Waals surface area contributed by atoms with E-state index in [1.165, 1.54) is 11.3 Å². The normalized spacial score (nSPS) is 10.9. The third-order valence-corrected chi connectivity index (χ3v) is 4.58. The lowest BCUT2D eigenvalue weighted by atomic mass is 10.1. The van der Waals surface area contributed by atoms with Crippen LogP contribution in [0.1, 0.15) is 11.4 Å². The summed E-state index contributed by atoms with van der Waals surface area (Å²) < 4.78 is 10.5. The number of carbonyl (C=O) groups is 1. The minimum absolute atomic E-state index is 0.336. The van der Waals surface area contributed by atoms with Crippen LogP contribution in [0, 0.1) is 0 Å². The number of rotatable bonds is 10. The van der Waals surface area contributed by atoms with Crippen LogP contribution in [0.5, 0.6) is 5.75 Å². The highest BCUT2D eigenvalue weighted by Gasteiger charge is 2.13. The molecule has 132 valence electrons. The van der Waals surface area contributed by atoms with E-state index in [9.17, 15) is 4.79 Å². The maximum absolute atomic E-state index is 10.2. The molecule has 0 amide bonds.